The predicted octanol–water partition coefficient (Wildman–Crippen LogP) is 1.40. The van der Waals surface area contributed by atoms with Gasteiger partial charge in [-0.15, -0.1) is 0 Å². The van der Waals surface area contributed by atoms with Crippen molar-refractivity contribution in [2.45, 2.75) is 30.3 Å². The van der Waals surface area contributed by atoms with Gasteiger partial charge in [0.1, 0.15) is 0 Å². The number of halogens is 2. The average molecular weight is 291 g/mol. The first kappa shape index (κ1) is 14.4. The summed E-state index contributed by atoms with van der Waals surface area (Å²) in [5.41, 5.74) is 0. The van der Waals surface area contributed by atoms with Crippen molar-refractivity contribution in [1.29, 1.82) is 0 Å². The molecule has 2 atom stereocenters. The molecule has 106 valence electrons. The molecule has 2 unspecified atom stereocenters. The maximum atomic E-state index is 13.0. The zero-order valence-electron chi connectivity index (χ0n) is 10.1. The second-order valence-corrected chi connectivity index (χ2v) is 6.45. The molecular formula is C12H15F2NO3S. The van der Waals surface area contributed by atoms with E-state index >= 15 is 0 Å². The minimum Gasteiger partial charge on any atom is -0.393 e. The number of aliphatic hydroxyl groups excluding tert-OH is 1. The van der Waals surface area contributed by atoms with Crippen molar-refractivity contribution in [3.05, 3.63) is 29.8 Å². The van der Waals surface area contributed by atoms with E-state index in [0.717, 1.165) is 25.0 Å². The van der Waals surface area contributed by atoms with Crippen LogP contribution < -0.4 is 4.72 Å². The molecule has 0 bridgehead atoms. The van der Waals surface area contributed by atoms with Crippen molar-refractivity contribution >= 4 is 10.0 Å². The third-order valence-corrected chi connectivity index (χ3v) is 4.78. The molecule has 4 nitrogen and oxygen atoms in total. The van der Waals surface area contributed by atoms with E-state index in [1.165, 1.54) is 0 Å². The summed E-state index contributed by atoms with van der Waals surface area (Å²) in [4.78, 5) is -0.320. The van der Waals surface area contributed by atoms with Gasteiger partial charge in [-0.25, -0.2) is 21.9 Å². The normalized spacial score (nSPS) is 23.7. The van der Waals surface area contributed by atoms with E-state index in [-0.39, 0.29) is 17.4 Å². The Morgan fingerprint density at radius 3 is 2.58 bits per heavy atom. The van der Waals surface area contributed by atoms with Crippen molar-refractivity contribution in [2.75, 3.05) is 6.54 Å². The molecule has 2 rings (SSSR count). The number of hydrogen-bond acceptors (Lipinski definition) is 3. The highest BCUT2D eigenvalue weighted by Gasteiger charge is 2.27. The number of benzene rings is 1. The quantitative estimate of drug-likeness (QED) is 0.881. The van der Waals surface area contributed by atoms with E-state index in [1.807, 2.05) is 0 Å². The number of aliphatic hydroxyl groups is 1. The molecule has 1 aromatic carbocycles. The van der Waals surface area contributed by atoms with E-state index < -0.39 is 27.8 Å². The van der Waals surface area contributed by atoms with Crippen molar-refractivity contribution in [3.8, 4) is 0 Å². The maximum absolute atomic E-state index is 13.0. The van der Waals surface area contributed by atoms with Gasteiger partial charge in [0.25, 0.3) is 0 Å². The van der Waals surface area contributed by atoms with Crippen LogP contribution in [0.1, 0.15) is 19.3 Å². The highest BCUT2D eigenvalue weighted by Crippen LogP contribution is 2.25. The molecule has 1 fully saturated rings. The van der Waals surface area contributed by atoms with Crippen LogP contribution in [-0.4, -0.2) is 26.2 Å². The lowest BCUT2D eigenvalue weighted by Gasteiger charge is -2.15. The van der Waals surface area contributed by atoms with E-state index in [2.05, 4.69) is 4.72 Å². The molecule has 1 saturated carbocycles. The summed E-state index contributed by atoms with van der Waals surface area (Å²) in [5.74, 6) is -2.42. The van der Waals surface area contributed by atoms with Crippen LogP contribution in [0, 0.1) is 17.6 Å². The second-order valence-electron chi connectivity index (χ2n) is 4.69. The van der Waals surface area contributed by atoms with Crippen molar-refractivity contribution in [3.63, 3.8) is 0 Å². The molecule has 1 aliphatic carbocycles. The monoisotopic (exact) mass is 291 g/mol. The highest BCUT2D eigenvalue weighted by atomic mass is 32.2. The van der Waals surface area contributed by atoms with Crippen LogP contribution in [0.4, 0.5) is 8.78 Å². The minimum absolute atomic E-state index is 0.0997. The molecule has 0 spiro atoms. The van der Waals surface area contributed by atoms with E-state index in [1.54, 1.807) is 0 Å². The van der Waals surface area contributed by atoms with Gasteiger partial charge in [0.05, 0.1) is 11.0 Å². The zero-order valence-corrected chi connectivity index (χ0v) is 11.0. The molecule has 2 N–H and O–H groups in total. The third-order valence-electron chi connectivity index (χ3n) is 3.36. The summed E-state index contributed by atoms with van der Waals surface area (Å²) >= 11 is 0. The molecule has 0 amide bonds. The zero-order chi connectivity index (χ0) is 14.0. The van der Waals surface area contributed by atoms with Crippen LogP contribution in [0.15, 0.2) is 23.1 Å². The van der Waals surface area contributed by atoms with Crippen molar-refractivity contribution in [2.24, 2.45) is 5.92 Å². The van der Waals surface area contributed by atoms with Gasteiger partial charge >= 0.3 is 0 Å². The Morgan fingerprint density at radius 1 is 1.26 bits per heavy atom. The fraction of sp³-hybridized carbons (Fsp3) is 0.500. The van der Waals surface area contributed by atoms with Crippen LogP contribution in [0.5, 0.6) is 0 Å². The van der Waals surface area contributed by atoms with Crippen LogP contribution >= 0.6 is 0 Å². The molecule has 0 radical (unpaired) electrons. The number of rotatable bonds is 4. The standard InChI is InChI=1S/C12H15F2NO3S/c13-10-5-4-9(6-11(10)14)19(17,18)15-7-8-2-1-3-12(8)16/h4-6,8,12,15-16H,1-3,7H2. The fourth-order valence-corrected chi connectivity index (χ4v) is 3.31. The number of hydrogen-bond donors (Lipinski definition) is 2. The smallest absolute Gasteiger partial charge is 0.240 e. The minimum atomic E-state index is -3.88. The van der Waals surface area contributed by atoms with Crippen LogP contribution in [0.2, 0.25) is 0 Å². The molecule has 7 heteroatoms. The molecule has 0 saturated heterocycles. The second kappa shape index (κ2) is 5.52. The summed E-state index contributed by atoms with van der Waals surface area (Å²) in [5, 5.41) is 9.59. The topological polar surface area (TPSA) is 66.4 Å². The highest BCUT2D eigenvalue weighted by molar-refractivity contribution is 7.89. The molecule has 1 aromatic rings. The first-order chi connectivity index (χ1) is 8.90. The molecule has 0 aromatic heterocycles. The van der Waals surface area contributed by atoms with Crippen molar-refractivity contribution in [1.82, 2.24) is 4.72 Å². The molecule has 0 aliphatic heterocycles. The van der Waals surface area contributed by atoms with Crippen LogP contribution in [0.25, 0.3) is 0 Å². The number of nitrogens with one attached hydrogen (secondary N) is 1. The van der Waals surface area contributed by atoms with Gasteiger partial charge in [0.15, 0.2) is 11.6 Å². The number of sulfonamides is 1. The third kappa shape index (κ3) is 3.29. The Morgan fingerprint density at radius 2 is 2.00 bits per heavy atom. The van der Waals surface area contributed by atoms with Gasteiger partial charge < -0.3 is 5.11 Å². The lowest BCUT2D eigenvalue weighted by atomic mass is 10.1. The fourth-order valence-electron chi connectivity index (χ4n) is 2.20. The molecule has 1 aliphatic rings. The SMILES string of the molecule is O=S(=O)(NCC1CCCC1O)c1ccc(F)c(F)c1. The average Bonchev–Trinajstić information content (AvgIpc) is 2.76. The molecule has 0 heterocycles. The predicted molar refractivity (Wildman–Crippen MR) is 64.9 cm³/mol. The van der Waals surface area contributed by atoms with Gasteiger partial charge in [-0.3, -0.25) is 0 Å². The molecule has 19 heavy (non-hydrogen) atoms. The van der Waals surface area contributed by atoms with Gasteiger partial charge in [0, 0.05) is 6.54 Å². The van der Waals surface area contributed by atoms with Gasteiger partial charge in [0.2, 0.25) is 10.0 Å². The van der Waals surface area contributed by atoms with Gasteiger partial charge in [-0.1, -0.05) is 6.42 Å². The first-order valence-electron chi connectivity index (χ1n) is 6.03. The van der Waals surface area contributed by atoms with E-state index in [4.69, 9.17) is 0 Å². The van der Waals surface area contributed by atoms with E-state index in [9.17, 15) is 22.3 Å². The van der Waals surface area contributed by atoms with E-state index in [0.29, 0.717) is 12.5 Å². The Balaban J connectivity index is 2.07. The largest absolute Gasteiger partial charge is 0.393 e. The van der Waals surface area contributed by atoms with Gasteiger partial charge in [-0.05, 0) is 37.0 Å². The van der Waals surface area contributed by atoms with Crippen molar-refractivity contribution < 1.29 is 22.3 Å². The summed E-state index contributed by atoms with van der Waals surface area (Å²) in [6.07, 6.45) is 1.77. The summed E-state index contributed by atoms with van der Waals surface area (Å²) in [7, 11) is -3.88. The Bertz CT molecular complexity index is 562. The maximum Gasteiger partial charge on any atom is 0.240 e. The molecular weight excluding hydrogens is 276 g/mol. The Kier molecular flexibility index (Phi) is 4.17. The lowest BCUT2D eigenvalue weighted by Crippen LogP contribution is -2.32. The first-order valence-corrected chi connectivity index (χ1v) is 7.51. The van der Waals surface area contributed by atoms with Gasteiger partial charge in [-0.2, -0.15) is 0 Å². The Labute approximate surface area is 110 Å². The summed E-state index contributed by atoms with van der Waals surface area (Å²) in [6, 6.07) is 2.42. The summed E-state index contributed by atoms with van der Waals surface area (Å²) in [6.45, 7) is 0.0997. The lowest BCUT2D eigenvalue weighted by molar-refractivity contribution is 0.134. The Hall–Kier alpha value is -1.05. The summed E-state index contributed by atoms with van der Waals surface area (Å²) < 4.78 is 51.8. The van der Waals surface area contributed by atoms with Crippen LogP contribution in [0.3, 0.4) is 0 Å². The van der Waals surface area contributed by atoms with Crippen LogP contribution in [-0.2, 0) is 10.0 Å².